The highest BCUT2D eigenvalue weighted by molar-refractivity contribution is 5.18. The molecule has 23 heavy (non-hydrogen) atoms. The summed E-state index contributed by atoms with van der Waals surface area (Å²) in [4.78, 5) is 0. The van der Waals surface area contributed by atoms with Gasteiger partial charge in [-0.15, -0.1) is 0 Å². The molecule has 0 amide bonds. The Hall–Kier alpha value is -1.09. The summed E-state index contributed by atoms with van der Waals surface area (Å²) < 4.78 is 183. The molecular formula is C7HF15O. The fourth-order valence-corrected chi connectivity index (χ4v) is 1.21. The Bertz CT molecular complexity index is 372. The largest absolute Gasteiger partial charge is 0.456 e. The summed E-state index contributed by atoms with van der Waals surface area (Å²) in [6.45, 7) is 0. The highest BCUT2D eigenvalue weighted by Gasteiger charge is 2.96. The lowest BCUT2D eigenvalue weighted by Crippen LogP contribution is -2.80. The van der Waals surface area contributed by atoms with Crippen molar-refractivity contribution in [1.82, 2.24) is 0 Å². The second kappa shape index (κ2) is 4.95. The van der Waals surface area contributed by atoms with Gasteiger partial charge in [0, 0.05) is 0 Å². The minimum absolute atomic E-state index is 7.81. The van der Waals surface area contributed by atoms with Gasteiger partial charge in [0.1, 0.15) is 0 Å². The quantitative estimate of drug-likeness (QED) is 0.717. The second-order valence-electron chi connectivity index (χ2n) is 3.93. The van der Waals surface area contributed by atoms with E-state index < -0.39 is 41.9 Å². The Labute approximate surface area is 114 Å². The molecule has 1 N–H and O–H groups in total. The maximum Gasteiger partial charge on any atom is 0.456 e. The van der Waals surface area contributed by atoms with E-state index >= 15 is 0 Å². The summed E-state index contributed by atoms with van der Waals surface area (Å²) in [5.74, 6) is -24.6. The fourth-order valence-electron chi connectivity index (χ4n) is 1.21. The summed E-state index contributed by atoms with van der Waals surface area (Å²) in [7, 11) is 0. The van der Waals surface area contributed by atoms with Gasteiger partial charge in [-0.1, -0.05) is 0 Å². The molecule has 0 aromatic carbocycles. The Balaban J connectivity index is 6.97. The van der Waals surface area contributed by atoms with Crippen LogP contribution in [-0.4, -0.2) is 47.0 Å². The fraction of sp³-hybridized carbons (Fsp3) is 1.00. The van der Waals surface area contributed by atoms with E-state index in [0.717, 1.165) is 0 Å². The Morgan fingerprint density at radius 1 is 0.348 bits per heavy atom. The van der Waals surface area contributed by atoms with Crippen molar-refractivity contribution < 1.29 is 71.0 Å². The van der Waals surface area contributed by atoms with Gasteiger partial charge in [0.2, 0.25) is 0 Å². The van der Waals surface area contributed by atoms with Crippen LogP contribution in [0, 0.1) is 0 Å². The first kappa shape index (κ1) is 21.9. The molecular weight excluding hydrogens is 385 g/mol. The normalized spacial score (nSPS) is 16.7. The molecule has 0 rings (SSSR count). The van der Waals surface area contributed by atoms with Gasteiger partial charge in [-0.3, -0.25) is 0 Å². The van der Waals surface area contributed by atoms with Crippen LogP contribution in [0.1, 0.15) is 0 Å². The number of rotatable bonds is 3. The van der Waals surface area contributed by atoms with E-state index in [1.165, 1.54) is 0 Å². The number of halogens is 15. The molecule has 0 aliphatic heterocycles. The predicted molar refractivity (Wildman–Crippen MR) is 38.0 cm³/mol. The van der Waals surface area contributed by atoms with Crippen LogP contribution < -0.4 is 0 Å². The third-order valence-corrected chi connectivity index (χ3v) is 2.43. The highest BCUT2D eigenvalue weighted by Crippen LogP contribution is 2.63. The second-order valence-corrected chi connectivity index (χ2v) is 3.93. The van der Waals surface area contributed by atoms with Crippen molar-refractivity contribution in [3.8, 4) is 0 Å². The number of hydrogen-bond donors (Lipinski definition) is 1. The van der Waals surface area contributed by atoms with Gasteiger partial charge < -0.3 is 5.11 Å². The van der Waals surface area contributed by atoms with E-state index in [1.54, 1.807) is 0 Å². The zero-order chi connectivity index (χ0) is 19.5. The van der Waals surface area contributed by atoms with E-state index in [4.69, 9.17) is 5.11 Å². The van der Waals surface area contributed by atoms with Gasteiger partial charge in [0.25, 0.3) is 5.60 Å². The molecule has 0 heterocycles. The molecule has 140 valence electrons. The van der Waals surface area contributed by atoms with Crippen LogP contribution in [0.3, 0.4) is 0 Å². The number of alkyl halides is 15. The van der Waals surface area contributed by atoms with E-state index in [-0.39, 0.29) is 0 Å². The molecule has 0 aromatic rings. The van der Waals surface area contributed by atoms with Gasteiger partial charge in [0.15, 0.2) is 0 Å². The number of hydrogen-bond acceptors (Lipinski definition) is 1. The molecule has 0 aromatic heterocycles. The van der Waals surface area contributed by atoms with Gasteiger partial charge in [0.05, 0.1) is 0 Å². The summed E-state index contributed by atoms with van der Waals surface area (Å²) in [5.41, 5.74) is -8.23. The highest BCUT2D eigenvalue weighted by atomic mass is 19.4. The minimum atomic E-state index is -8.23. The average Bonchev–Trinajstić information content (AvgIpc) is 2.22. The summed E-state index contributed by atoms with van der Waals surface area (Å²) >= 11 is 0. The minimum Gasteiger partial charge on any atom is -0.373 e. The zero-order valence-electron chi connectivity index (χ0n) is 9.62. The number of aliphatic hydroxyl groups is 1. The molecule has 0 unspecified atom stereocenters. The molecule has 0 aliphatic rings. The van der Waals surface area contributed by atoms with Crippen molar-refractivity contribution in [2.45, 2.75) is 41.9 Å². The molecule has 0 atom stereocenters. The van der Waals surface area contributed by atoms with Crippen LogP contribution in [0.5, 0.6) is 0 Å². The van der Waals surface area contributed by atoms with Gasteiger partial charge in [-0.25, -0.2) is 0 Å². The van der Waals surface area contributed by atoms with Crippen LogP contribution in [0.15, 0.2) is 0 Å². The third kappa shape index (κ3) is 2.67. The van der Waals surface area contributed by atoms with Gasteiger partial charge >= 0.3 is 36.3 Å². The molecule has 16 heteroatoms. The van der Waals surface area contributed by atoms with Crippen LogP contribution in [0.25, 0.3) is 0 Å². The van der Waals surface area contributed by atoms with Crippen molar-refractivity contribution >= 4 is 0 Å². The van der Waals surface area contributed by atoms with Gasteiger partial charge in [-0.2, -0.15) is 65.9 Å². The van der Waals surface area contributed by atoms with Crippen LogP contribution in [0.4, 0.5) is 65.9 Å². The molecule has 0 fully saturated rings. The molecule has 0 saturated carbocycles. The molecule has 0 saturated heterocycles. The average molecular weight is 386 g/mol. The lowest BCUT2D eigenvalue weighted by Gasteiger charge is -2.45. The van der Waals surface area contributed by atoms with E-state index in [9.17, 15) is 65.9 Å². The maximum absolute atomic E-state index is 12.7. The van der Waals surface area contributed by atoms with Crippen molar-refractivity contribution in [2.24, 2.45) is 0 Å². The van der Waals surface area contributed by atoms with Crippen molar-refractivity contribution in [1.29, 1.82) is 0 Å². The predicted octanol–water partition coefficient (Wildman–Crippen LogP) is 4.31. The standard InChI is InChI=1S/C7HF15O/c8-2(9,5(14,15)16)1(23,3(10,11)6(17,18)19)4(12,13)7(20,21)22/h23H. The maximum atomic E-state index is 12.7. The van der Waals surface area contributed by atoms with E-state index in [2.05, 4.69) is 0 Å². The monoisotopic (exact) mass is 386 g/mol. The van der Waals surface area contributed by atoms with Crippen LogP contribution in [-0.2, 0) is 0 Å². The van der Waals surface area contributed by atoms with Crippen molar-refractivity contribution in [2.75, 3.05) is 0 Å². The van der Waals surface area contributed by atoms with Crippen molar-refractivity contribution in [3.05, 3.63) is 0 Å². The Morgan fingerprint density at radius 2 is 0.478 bits per heavy atom. The first-order valence-corrected chi connectivity index (χ1v) is 4.56. The molecule has 0 radical (unpaired) electrons. The first-order chi connectivity index (χ1) is 9.50. The smallest absolute Gasteiger partial charge is 0.373 e. The summed E-state index contributed by atoms with van der Waals surface area (Å²) in [5, 5.41) is 8.19. The first-order valence-electron chi connectivity index (χ1n) is 4.56. The molecule has 0 bridgehead atoms. The third-order valence-electron chi connectivity index (χ3n) is 2.43. The summed E-state index contributed by atoms with van der Waals surface area (Å²) in [6.07, 6.45) is -23.4. The Kier molecular flexibility index (Phi) is 4.72. The van der Waals surface area contributed by atoms with Crippen LogP contribution >= 0.6 is 0 Å². The molecule has 0 spiro atoms. The molecule has 0 aliphatic carbocycles. The lowest BCUT2D eigenvalue weighted by atomic mass is 9.80. The van der Waals surface area contributed by atoms with Crippen molar-refractivity contribution in [3.63, 3.8) is 0 Å². The SMILES string of the molecule is OC(C(F)(F)C(F)(F)F)(C(F)(F)C(F)(F)F)C(F)(F)C(F)(F)F. The van der Waals surface area contributed by atoms with E-state index in [0.29, 0.717) is 0 Å². The van der Waals surface area contributed by atoms with Gasteiger partial charge in [-0.05, 0) is 0 Å². The van der Waals surface area contributed by atoms with E-state index in [1.807, 2.05) is 0 Å². The molecule has 1 nitrogen and oxygen atoms in total. The Morgan fingerprint density at radius 3 is 0.565 bits per heavy atom. The summed E-state index contributed by atoms with van der Waals surface area (Å²) in [6, 6.07) is 0. The lowest BCUT2D eigenvalue weighted by molar-refractivity contribution is -0.487. The topological polar surface area (TPSA) is 20.2 Å². The van der Waals surface area contributed by atoms with Crippen LogP contribution in [0.2, 0.25) is 0 Å². The zero-order valence-corrected chi connectivity index (χ0v) is 9.62.